The van der Waals surface area contributed by atoms with Crippen LogP contribution in [-0.4, -0.2) is 70.4 Å². The number of rotatable bonds is 8. The van der Waals surface area contributed by atoms with Gasteiger partial charge >= 0.3 is 0 Å². The van der Waals surface area contributed by atoms with Gasteiger partial charge < -0.3 is 15.1 Å². The lowest BCUT2D eigenvalue weighted by Crippen LogP contribution is -2.45. The van der Waals surface area contributed by atoms with Crippen LogP contribution in [0.25, 0.3) is 0 Å². The average Bonchev–Trinajstić information content (AvgIpc) is 2.74. The normalized spacial score (nSPS) is 15.6. The Hall–Kier alpha value is -2.20. The van der Waals surface area contributed by atoms with E-state index >= 15 is 0 Å². The van der Waals surface area contributed by atoms with Crippen molar-refractivity contribution in [3.8, 4) is 0 Å². The summed E-state index contributed by atoms with van der Waals surface area (Å²) in [5, 5.41) is 2.61. The third kappa shape index (κ3) is 6.64. The number of amides is 1. The number of carbonyl (C=O) groups excluding carboxylic acids is 1. The maximum atomic E-state index is 13.3. The first-order valence-corrected chi connectivity index (χ1v) is 11.9. The summed E-state index contributed by atoms with van der Waals surface area (Å²) in [6, 6.07) is 9.27. The van der Waals surface area contributed by atoms with Crippen molar-refractivity contribution in [2.24, 2.45) is 0 Å². The number of carbonyl (C=O) groups is 1. The lowest BCUT2D eigenvalue weighted by molar-refractivity contribution is 0.0949. The minimum atomic E-state index is -3.93. The number of nitrogens with one attached hydrogen (secondary N) is 2. The molecule has 168 valence electrons. The largest absolute Gasteiger partial charge is 0.352 e. The van der Waals surface area contributed by atoms with Crippen LogP contribution in [0.5, 0.6) is 0 Å². The fourth-order valence-electron chi connectivity index (χ4n) is 3.23. The van der Waals surface area contributed by atoms with Crippen LogP contribution in [0.15, 0.2) is 47.4 Å². The molecule has 10 heteroatoms. The van der Waals surface area contributed by atoms with Crippen LogP contribution in [0, 0.1) is 5.82 Å². The second kappa shape index (κ2) is 10.4. The Morgan fingerprint density at radius 3 is 2.42 bits per heavy atom. The Morgan fingerprint density at radius 1 is 1.10 bits per heavy atom. The van der Waals surface area contributed by atoms with Crippen molar-refractivity contribution < 1.29 is 17.6 Å². The molecule has 2 aromatic rings. The maximum absolute atomic E-state index is 13.3. The highest BCUT2D eigenvalue weighted by Crippen LogP contribution is 2.22. The van der Waals surface area contributed by atoms with E-state index in [0.29, 0.717) is 12.1 Å². The molecule has 2 aromatic carbocycles. The minimum absolute atomic E-state index is 0.152. The van der Waals surface area contributed by atoms with Gasteiger partial charge in [-0.3, -0.25) is 9.52 Å². The van der Waals surface area contributed by atoms with Crippen molar-refractivity contribution in [2.45, 2.75) is 11.3 Å². The summed E-state index contributed by atoms with van der Waals surface area (Å²) in [4.78, 5) is 16.8. The van der Waals surface area contributed by atoms with Crippen LogP contribution in [0.4, 0.5) is 10.1 Å². The monoisotopic (exact) mass is 468 g/mol. The van der Waals surface area contributed by atoms with Gasteiger partial charge in [0.1, 0.15) is 5.82 Å². The zero-order chi connectivity index (χ0) is 22.4. The van der Waals surface area contributed by atoms with Gasteiger partial charge in [-0.1, -0.05) is 11.6 Å². The predicted octanol–water partition coefficient (Wildman–Crippen LogP) is 2.65. The molecule has 1 fully saturated rings. The average molecular weight is 469 g/mol. The zero-order valence-corrected chi connectivity index (χ0v) is 18.8. The lowest BCUT2D eigenvalue weighted by atomic mass is 10.2. The first kappa shape index (κ1) is 23.5. The quantitative estimate of drug-likeness (QED) is 0.582. The van der Waals surface area contributed by atoms with E-state index in [1.54, 1.807) is 12.1 Å². The molecule has 1 heterocycles. The summed E-state index contributed by atoms with van der Waals surface area (Å²) in [6.45, 7) is 5.75. The minimum Gasteiger partial charge on any atom is -0.352 e. The standard InChI is InChI=1S/C21H26ClFN4O3S/c1-26-11-13-27(14-12-26)10-2-9-24-21(28)16-3-5-17(6-4-16)25-31(29,30)18-7-8-20(23)19(22)15-18/h3-8,15,25H,2,9-14H2,1H3,(H,24,28). The molecule has 0 aliphatic carbocycles. The number of hydrogen-bond donors (Lipinski definition) is 2. The van der Waals surface area contributed by atoms with Crippen molar-refractivity contribution in [1.82, 2.24) is 15.1 Å². The molecule has 1 saturated heterocycles. The van der Waals surface area contributed by atoms with Gasteiger partial charge in [0.05, 0.1) is 9.92 Å². The summed E-state index contributed by atoms with van der Waals surface area (Å²) in [5.41, 5.74) is 0.722. The van der Waals surface area contributed by atoms with E-state index in [0.717, 1.165) is 57.3 Å². The first-order valence-electron chi connectivity index (χ1n) is 10.0. The molecule has 1 amide bonds. The highest BCUT2D eigenvalue weighted by atomic mass is 35.5. The van der Waals surface area contributed by atoms with Gasteiger partial charge in [0.2, 0.25) is 0 Å². The number of nitrogens with zero attached hydrogens (tertiary/aromatic N) is 2. The van der Waals surface area contributed by atoms with E-state index in [1.807, 2.05) is 0 Å². The first-order chi connectivity index (χ1) is 14.7. The van der Waals surface area contributed by atoms with Gasteiger partial charge in [0.15, 0.2) is 0 Å². The Kier molecular flexibility index (Phi) is 7.88. The van der Waals surface area contributed by atoms with Gasteiger partial charge in [-0.15, -0.1) is 0 Å². The lowest BCUT2D eigenvalue weighted by Gasteiger charge is -2.32. The van der Waals surface area contributed by atoms with Crippen molar-refractivity contribution in [2.75, 3.05) is 51.0 Å². The van der Waals surface area contributed by atoms with Gasteiger partial charge in [0.25, 0.3) is 15.9 Å². The van der Waals surface area contributed by atoms with Gasteiger partial charge in [-0.05, 0) is 62.5 Å². The molecule has 2 N–H and O–H groups in total. The molecular weight excluding hydrogens is 443 g/mol. The van der Waals surface area contributed by atoms with Crippen molar-refractivity contribution >= 4 is 33.2 Å². The van der Waals surface area contributed by atoms with Crippen LogP contribution in [0.2, 0.25) is 5.02 Å². The van der Waals surface area contributed by atoms with Gasteiger partial charge in [0, 0.05) is 44.0 Å². The Morgan fingerprint density at radius 2 is 1.77 bits per heavy atom. The van der Waals surface area contributed by atoms with Gasteiger partial charge in [-0.2, -0.15) is 0 Å². The van der Waals surface area contributed by atoms with E-state index in [2.05, 4.69) is 26.9 Å². The summed E-state index contributed by atoms with van der Waals surface area (Å²) in [7, 11) is -1.81. The number of sulfonamides is 1. The molecule has 0 atom stereocenters. The number of hydrogen-bond acceptors (Lipinski definition) is 5. The molecule has 3 rings (SSSR count). The highest BCUT2D eigenvalue weighted by molar-refractivity contribution is 7.92. The van der Waals surface area contributed by atoms with E-state index in [1.165, 1.54) is 12.1 Å². The summed E-state index contributed by atoms with van der Waals surface area (Å²) < 4.78 is 40.5. The number of anilines is 1. The molecule has 0 radical (unpaired) electrons. The molecule has 0 saturated carbocycles. The van der Waals surface area contributed by atoms with E-state index in [-0.39, 0.29) is 21.5 Å². The Balaban J connectivity index is 1.48. The smallest absolute Gasteiger partial charge is 0.261 e. The van der Waals surface area contributed by atoms with Crippen LogP contribution < -0.4 is 10.0 Å². The zero-order valence-electron chi connectivity index (χ0n) is 17.3. The predicted molar refractivity (Wildman–Crippen MR) is 120 cm³/mol. The molecule has 1 aliphatic heterocycles. The fourth-order valence-corrected chi connectivity index (χ4v) is 4.56. The molecule has 7 nitrogen and oxygen atoms in total. The van der Waals surface area contributed by atoms with Crippen LogP contribution in [0.3, 0.4) is 0 Å². The second-order valence-corrected chi connectivity index (χ2v) is 9.60. The van der Waals surface area contributed by atoms with Gasteiger partial charge in [-0.25, -0.2) is 12.8 Å². The molecule has 0 bridgehead atoms. The Bertz CT molecular complexity index is 1010. The van der Waals surface area contributed by atoms with E-state index in [9.17, 15) is 17.6 Å². The third-order valence-electron chi connectivity index (χ3n) is 5.13. The van der Waals surface area contributed by atoms with Crippen molar-refractivity contribution in [3.63, 3.8) is 0 Å². The van der Waals surface area contributed by atoms with E-state index in [4.69, 9.17) is 11.6 Å². The second-order valence-electron chi connectivity index (χ2n) is 7.51. The number of halogens is 2. The van der Waals surface area contributed by atoms with Crippen LogP contribution >= 0.6 is 11.6 Å². The van der Waals surface area contributed by atoms with Crippen molar-refractivity contribution in [1.29, 1.82) is 0 Å². The van der Waals surface area contributed by atoms with Crippen LogP contribution in [-0.2, 0) is 10.0 Å². The molecule has 0 spiro atoms. The maximum Gasteiger partial charge on any atom is 0.261 e. The number of likely N-dealkylation sites (N-methyl/N-ethyl adjacent to an activating group) is 1. The molecule has 1 aliphatic rings. The fraction of sp³-hybridized carbons (Fsp3) is 0.381. The summed E-state index contributed by atoms with van der Waals surface area (Å²) in [5.74, 6) is -0.905. The molecule has 31 heavy (non-hydrogen) atoms. The topological polar surface area (TPSA) is 81.8 Å². The third-order valence-corrected chi connectivity index (χ3v) is 6.80. The summed E-state index contributed by atoms with van der Waals surface area (Å²) >= 11 is 5.66. The number of benzene rings is 2. The van der Waals surface area contributed by atoms with E-state index < -0.39 is 15.8 Å². The van der Waals surface area contributed by atoms with Crippen molar-refractivity contribution in [3.05, 3.63) is 58.9 Å². The molecule has 0 aromatic heterocycles. The molecular formula is C21H26ClFN4O3S. The summed E-state index contributed by atoms with van der Waals surface area (Å²) in [6.07, 6.45) is 0.869. The highest BCUT2D eigenvalue weighted by Gasteiger charge is 2.17. The molecule has 0 unspecified atom stereocenters. The van der Waals surface area contributed by atoms with Crippen LogP contribution in [0.1, 0.15) is 16.8 Å². The Labute approximate surface area is 187 Å². The number of piperazine rings is 1. The SMILES string of the molecule is CN1CCN(CCCNC(=O)c2ccc(NS(=O)(=O)c3ccc(F)c(Cl)c3)cc2)CC1.